The van der Waals surface area contributed by atoms with Crippen molar-refractivity contribution in [2.75, 3.05) is 6.54 Å². The van der Waals surface area contributed by atoms with Crippen LogP contribution in [0.3, 0.4) is 0 Å². The van der Waals surface area contributed by atoms with Gasteiger partial charge < -0.3 is 4.57 Å². The maximum atomic E-state index is 12.0. The molecule has 1 saturated carbocycles. The summed E-state index contributed by atoms with van der Waals surface area (Å²) in [7, 11) is -3.46. The number of rotatable bonds is 5. The van der Waals surface area contributed by atoms with Gasteiger partial charge in [-0.3, -0.25) is 0 Å². The van der Waals surface area contributed by atoms with Gasteiger partial charge in [0.15, 0.2) is 5.03 Å². The summed E-state index contributed by atoms with van der Waals surface area (Å²) in [5.41, 5.74) is 0. The molecule has 0 radical (unpaired) electrons. The summed E-state index contributed by atoms with van der Waals surface area (Å²) in [4.78, 5) is 4.35. The van der Waals surface area contributed by atoms with E-state index in [1.54, 1.807) is 10.8 Å². The number of nitrogens with one attached hydrogen (secondary N) is 1. The molecule has 1 N–H and O–H groups in total. The fourth-order valence-electron chi connectivity index (χ4n) is 2.16. The quantitative estimate of drug-likeness (QED) is 0.833. The molecule has 0 aromatic carbocycles. The molecule has 0 saturated heterocycles. The molecule has 1 aromatic rings. The van der Waals surface area contributed by atoms with E-state index in [9.17, 15) is 8.42 Å². The zero-order chi connectivity index (χ0) is 13.2. The van der Waals surface area contributed by atoms with E-state index in [0.29, 0.717) is 23.8 Å². The Balaban J connectivity index is 1.98. The number of halogens is 1. The Morgan fingerprint density at radius 1 is 1.56 bits per heavy atom. The first-order valence-electron chi connectivity index (χ1n) is 6.18. The van der Waals surface area contributed by atoms with Gasteiger partial charge in [-0.25, -0.2) is 18.1 Å². The number of nitrogens with zero attached hydrogens (tertiary/aromatic N) is 2. The Morgan fingerprint density at radius 3 is 2.89 bits per heavy atom. The van der Waals surface area contributed by atoms with Crippen molar-refractivity contribution < 1.29 is 8.42 Å². The smallest absolute Gasteiger partial charge is 0.259 e. The van der Waals surface area contributed by atoms with Crippen LogP contribution >= 0.6 is 15.9 Å². The predicted octanol–water partition coefficient (Wildman–Crippen LogP) is 1.74. The molecule has 0 spiro atoms. The molecule has 18 heavy (non-hydrogen) atoms. The highest BCUT2D eigenvalue weighted by atomic mass is 79.9. The summed E-state index contributed by atoms with van der Waals surface area (Å²) in [5.74, 6) is 0.382. The molecule has 1 fully saturated rings. The Labute approximate surface area is 116 Å². The number of hydrogen-bond acceptors (Lipinski definition) is 3. The summed E-state index contributed by atoms with van der Waals surface area (Å²) in [6.07, 6.45) is 6.45. The average molecular weight is 336 g/mol. The Bertz CT molecular complexity index is 500. The molecule has 102 valence electrons. The molecule has 2 atom stereocenters. The first kappa shape index (κ1) is 14.0. The number of imidazole rings is 1. The average Bonchev–Trinajstić information content (AvgIpc) is 2.95. The first-order chi connectivity index (χ1) is 8.53. The molecule has 1 aliphatic rings. The van der Waals surface area contributed by atoms with Gasteiger partial charge in [0.25, 0.3) is 10.0 Å². The molecule has 2 rings (SSSR count). The second-order valence-corrected chi connectivity index (χ2v) is 7.49. The maximum Gasteiger partial charge on any atom is 0.259 e. The zero-order valence-corrected chi connectivity index (χ0v) is 12.7. The minimum absolute atomic E-state index is 0.105. The van der Waals surface area contributed by atoms with Crippen LogP contribution in [0.4, 0.5) is 0 Å². The van der Waals surface area contributed by atoms with Crippen molar-refractivity contribution >= 4 is 26.0 Å². The number of hydrogen-bond donors (Lipinski definition) is 1. The third-order valence-corrected chi connectivity index (χ3v) is 5.87. The summed E-state index contributed by atoms with van der Waals surface area (Å²) in [6.45, 7) is 3.14. The van der Waals surface area contributed by atoms with E-state index >= 15 is 0 Å². The Morgan fingerprint density at radius 2 is 2.33 bits per heavy atom. The Kier molecular flexibility index (Phi) is 4.45. The van der Waals surface area contributed by atoms with Crippen LogP contribution in [0.5, 0.6) is 0 Å². The van der Waals surface area contributed by atoms with E-state index in [1.165, 1.54) is 6.33 Å². The van der Waals surface area contributed by atoms with Crippen molar-refractivity contribution in [3.05, 3.63) is 12.5 Å². The van der Waals surface area contributed by atoms with Crippen molar-refractivity contribution in [2.24, 2.45) is 5.92 Å². The van der Waals surface area contributed by atoms with Crippen molar-refractivity contribution in [3.8, 4) is 0 Å². The summed E-state index contributed by atoms with van der Waals surface area (Å²) in [6, 6.07) is 0. The van der Waals surface area contributed by atoms with Crippen molar-refractivity contribution in [1.29, 1.82) is 0 Å². The molecular weight excluding hydrogens is 318 g/mol. The fraction of sp³-hybridized carbons (Fsp3) is 0.727. The summed E-state index contributed by atoms with van der Waals surface area (Å²) < 4.78 is 28.4. The molecule has 5 nitrogen and oxygen atoms in total. The van der Waals surface area contributed by atoms with Crippen LogP contribution < -0.4 is 4.72 Å². The van der Waals surface area contributed by atoms with Gasteiger partial charge in [-0.1, -0.05) is 22.4 Å². The van der Waals surface area contributed by atoms with Gasteiger partial charge in [0.1, 0.15) is 0 Å². The standard InChI is InChI=1S/C11H18BrN3O2S/c1-2-15-7-11(13-8-15)18(16,17)14-6-9-4-3-5-10(9)12/h7-10,14H,2-6H2,1H3. The van der Waals surface area contributed by atoms with E-state index in [-0.39, 0.29) is 5.03 Å². The van der Waals surface area contributed by atoms with Gasteiger partial charge in [-0.05, 0) is 25.7 Å². The van der Waals surface area contributed by atoms with E-state index in [4.69, 9.17) is 0 Å². The lowest BCUT2D eigenvalue weighted by Gasteiger charge is -2.14. The van der Waals surface area contributed by atoms with Crippen LogP contribution in [0.25, 0.3) is 0 Å². The van der Waals surface area contributed by atoms with E-state index in [0.717, 1.165) is 19.3 Å². The predicted molar refractivity (Wildman–Crippen MR) is 73.1 cm³/mol. The van der Waals surface area contributed by atoms with Crippen LogP contribution in [0.1, 0.15) is 26.2 Å². The van der Waals surface area contributed by atoms with E-state index in [1.807, 2.05) is 6.92 Å². The Hall–Kier alpha value is -0.400. The molecule has 1 heterocycles. The van der Waals surface area contributed by atoms with Crippen LogP contribution in [0.15, 0.2) is 17.6 Å². The molecule has 0 bridgehead atoms. The normalized spacial score (nSPS) is 24.6. The lowest BCUT2D eigenvalue weighted by atomic mass is 10.1. The van der Waals surface area contributed by atoms with E-state index < -0.39 is 10.0 Å². The number of aromatic nitrogens is 2. The van der Waals surface area contributed by atoms with Gasteiger partial charge in [-0.15, -0.1) is 0 Å². The van der Waals surface area contributed by atoms with Gasteiger partial charge in [-0.2, -0.15) is 0 Å². The summed E-state index contributed by atoms with van der Waals surface area (Å²) >= 11 is 3.59. The summed E-state index contributed by atoms with van der Waals surface area (Å²) in [5, 5.41) is 0.105. The second-order valence-electron chi connectivity index (χ2n) is 4.60. The molecule has 2 unspecified atom stereocenters. The van der Waals surface area contributed by atoms with Gasteiger partial charge in [0, 0.05) is 24.1 Å². The zero-order valence-electron chi connectivity index (χ0n) is 10.3. The maximum absolute atomic E-state index is 12.0. The SMILES string of the molecule is CCn1cnc(S(=O)(=O)NCC2CCCC2Br)c1. The fourth-order valence-corrected chi connectivity index (χ4v) is 3.98. The lowest BCUT2D eigenvalue weighted by molar-refractivity contribution is 0.528. The number of sulfonamides is 1. The highest BCUT2D eigenvalue weighted by molar-refractivity contribution is 9.09. The van der Waals surface area contributed by atoms with Crippen molar-refractivity contribution in [3.63, 3.8) is 0 Å². The van der Waals surface area contributed by atoms with Gasteiger partial charge >= 0.3 is 0 Å². The lowest BCUT2D eigenvalue weighted by Crippen LogP contribution is -2.31. The third kappa shape index (κ3) is 3.13. The van der Waals surface area contributed by atoms with Crippen LogP contribution in [0, 0.1) is 5.92 Å². The van der Waals surface area contributed by atoms with Crippen LogP contribution in [-0.4, -0.2) is 29.3 Å². The molecule has 0 amide bonds. The van der Waals surface area contributed by atoms with Crippen molar-refractivity contribution in [2.45, 2.75) is 42.6 Å². The minimum atomic E-state index is -3.46. The molecule has 0 aliphatic heterocycles. The number of aryl methyl sites for hydroxylation is 1. The highest BCUT2D eigenvalue weighted by Crippen LogP contribution is 2.31. The molecular formula is C11H18BrN3O2S. The highest BCUT2D eigenvalue weighted by Gasteiger charge is 2.27. The first-order valence-corrected chi connectivity index (χ1v) is 8.58. The van der Waals surface area contributed by atoms with Crippen molar-refractivity contribution in [1.82, 2.24) is 14.3 Å². The van der Waals surface area contributed by atoms with Crippen LogP contribution in [0.2, 0.25) is 0 Å². The largest absolute Gasteiger partial charge is 0.336 e. The monoisotopic (exact) mass is 335 g/mol. The van der Waals surface area contributed by atoms with Gasteiger partial charge in [0.2, 0.25) is 0 Å². The second kappa shape index (κ2) is 5.71. The molecule has 1 aromatic heterocycles. The van der Waals surface area contributed by atoms with E-state index in [2.05, 4.69) is 25.6 Å². The third-order valence-electron chi connectivity index (χ3n) is 3.35. The van der Waals surface area contributed by atoms with Crippen LogP contribution in [-0.2, 0) is 16.6 Å². The topological polar surface area (TPSA) is 64.0 Å². The molecule has 1 aliphatic carbocycles. The number of alkyl halides is 1. The van der Waals surface area contributed by atoms with Gasteiger partial charge in [0.05, 0.1) is 6.33 Å². The molecule has 7 heteroatoms. The minimum Gasteiger partial charge on any atom is -0.336 e.